The molecule has 0 atom stereocenters. The van der Waals surface area contributed by atoms with Crippen LogP contribution in [0.3, 0.4) is 0 Å². The fraction of sp³-hybridized carbons (Fsp3) is 0.133. The molecule has 0 saturated heterocycles. The number of nitrogens with one attached hydrogen (secondary N) is 1. The third-order valence-electron chi connectivity index (χ3n) is 2.65. The van der Waals surface area contributed by atoms with E-state index in [0.29, 0.717) is 5.56 Å². The van der Waals surface area contributed by atoms with E-state index in [1.54, 1.807) is 12.1 Å². The molecule has 0 saturated carbocycles. The van der Waals surface area contributed by atoms with Gasteiger partial charge in [-0.2, -0.15) is 0 Å². The summed E-state index contributed by atoms with van der Waals surface area (Å²) in [6, 6.07) is 11.1. The number of anilines is 1. The van der Waals surface area contributed by atoms with E-state index in [4.69, 9.17) is 5.11 Å². The lowest BCUT2D eigenvalue weighted by molar-refractivity contribution is -0.274. The number of aromatic hydroxyl groups is 1. The summed E-state index contributed by atoms with van der Waals surface area (Å²) >= 11 is 0. The largest absolute Gasteiger partial charge is 0.573 e. The third-order valence-corrected chi connectivity index (χ3v) is 2.65. The second-order valence-corrected chi connectivity index (χ2v) is 4.47. The quantitative estimate of drug-likeness (QED) is 0.909. The van der Waals surface area contributed by atoms with Gasteiger partial charge in [0.15, 0.2) is 0 Å². The number of halogens is 3. The Balaban J connectivity index is 1.99. The highest BCUT2D eigenvalue weighted by Gasteiger charge is 2.31. The maximum absolute atomic E-state index is 12.1. The van der Waals surface area contributed by atoms with Gasteiger partial charge in [0.1, 0.15) is 11.5 Å². The number of hydrogen-bond donors (Lipinski definition) is 2. The fourth-order valence-electron chi connectivity index (χ4n) is 1.78. The number of phenolic OH excluding ortho intramolecular Hbond substituents is 1. The van der Waals surface area contributed by atoms with E-state index in [1.807, 2.05) is 0 Å². The smallest absolute Gasteiger partial charge is 0.508 e. The molecule has 0 spiro atoms. The molecule has 0 heterocycles. The monoisotopic (exact) mass is 311 g/mol. The maximum atomic E-state index is 12.1. The lowest BCUT2D eigenvalue weighted by Gasteiger charge is -2.10. The Hall–Kier alpha value is -2.70. The zero-order chi connectivity index (χ0) is 16.2. The molecule has 4 nitrogen and oxygen atoms in total. The van der Waals surface area contributed by atoms with E-state index in [-0.39, 0.29) is 17.9 Å². The lowest BCUT2D eigenvalue weighted by Crippen LogP contribution is -2.18. The van der Waals surface area contributed by atoms with Gasteiger partial charge in [-0.15, -0.1) is 13.2 Å². The van der Waals surface area contributed by atoms with Gasteiger partial charge in [0.2, 0.25) is 5.91 Å². The van der Waals surface area contributed by atoms with Crippen LogP contribution in [0.2, 0.25) is 0 Å². The van der Waals surface area contributed by atoms with Crippen molar-refractivity contribution >= 4 is 11.6 Å². The van der Waals surface area contributed by atoms with Crippen LogP contribution in [0.5, 0.6) is 11.5 Å². The summed E-state index contributed by atoms with van der Waals surface area (Å²) in [6.45, 7) is 0. The summed E-state index contributed by atoms with van der Waals surface area (Å²) in [5, 5.41) is 11.6. The molecule has 0 fully saturated rings. The Morgan fingerprint density at radius 2 is 1.82 bits per heavy atom. The zero-order valence-corrected chi connectivity index (χ0v) is 11.2. The number of amides is 1. The number of benzene rings is 2. The van der Waals surface area contributed by atoms with E-state index in [0.717, 1.165) is 12.1 Å². The second-order valence-electron chi connectivity index (χ2n) is 4.47. The number of phenols is 1. The van der Waals surface area contributed by atoms with E-state index >= 15 is 0 Å². The first-order valence-corrected chi connectivity index (χ1v) is 6.25. The highest BCUT2D eigenvalue weighted by atomic mass is 19.4. The second kappa shape index (κ2) is 6.38. The highest BCUT2D eigenvalue weighted by molar-refractivity contribution is 5.92. The van der Waals surface area contributed by atoms with Gasteiger partial charge in [-0.05, 0) is 29.8 Å². The van der Waals surface area contributed by atoms with Crippen molar-refractivity contribution in [3.8, 4) is 11.5 Å². The molecular formula is C15H12F3NO3. The Morgan fingerprint density at radius 3 is 2.45 bits per heavy atom. The van der Waals surface area contributed by atoms with Crippen molar-refractivity contribution in [2.24, 2.45) is 0 Å². The van der Waals surface area contributed by atoms with Gasteiger partial charge in [0.25, 0.3) is 0 Å². The number of carbonyl (C=O) groups excluding carboxylic acids is 1. The molecule has 0 aromatic heterocycles. The molecule has 0 aliphatic carbocycles. The molecule has 0 unspecified atom stereocenters. The van der Waals surface area contributed by atoms with Crippen LogP contribution < -0.4 is 10.1 Å². The van der Waals surface area contributed by atoms with Gasteiger partial charge in [0.05, 0.1) is 6.42 Å². The van der Waals surface area contributed by atoms with E-state index in [2.05, 4.69) is 10.1 Å². The Morgan fingerprint density at radius 1 is 1.14 bits per heavy atom. The Labute approximate surface area is 124 Å². The lowest BCUT2D eigenvalue weighted by atomic mass is 10.1. The minimum atomic E-state index is -4.78. The average molecular weight is 311 g/mol. The third kappa shape index (κ3) is 5.01. The molecular weight excluding hydrogens is 299 g/mol. The topological polar surface area (TPSA) is 58.6 Å². The minimum absolute atomic E-state index is 0.0324. The first kappa shape index (κ1) is 15.7. The molecule has 0 bridgehead atoms. The van der Waals surface area contributed by atoms with Crippen molar-refractivity contribution in [2.75, 3.05) is 5.32 Å². The van der Waals surface area contributed by atoms with Gasteiger partial charge in [-0.25, -0.2) is 0 Å². The standard InChI is InChI=1S/C15H12F3NO3/c16-15(17,18)22-13-3-1-2-11(9-13)19-14(21)8-10-4-6-12(20)7-5-10/h1-7,9,20H,8H2,(H,19,21). The van der Waals surface area contributed by atoms with Crippen molar-refractivity contribution in [1.29, 1.82) is 0 Å². The van der Waals surface area contributed by atoms with Crippen LogP contribution >= 0.6 is 0 Å². The van der Waals surface area contributed by atoms with Gasteiger partial charge >= 0.3 is 6.36 Å². The summed E-state index contributed by atoms with van der Waals surface area (Å²) in [7, 11) is 0. The van der Waals surface area contributed by atoms with Gasteiger partial charge in [0, 0.05) is 11.8 Å². The molecule has 116 valence electrons. The highest BCUT2D eigenvalue weighted by Crippen LogP contribution is 2.25. The van der Waals surface area contributed by atoms with Gasteiger partial charge in [-0.1, -0.05) is 18.2 Å². The summed E-state index contributed by atoms with van der Waals surface area (Å²) in [5.74, 6) is -0.717. The van der Waals surface area contributed by atoms with Crippen molar-refractivity contribution in [3.05, 3.63) is 54.1 Å². The normalized spacial score (nSPS) is 11.0. The Bertz CT molecular complexity index is 654. The molecule has 0 aliphatic rings. The van der Waals surface area contributed by atoms with Gasteiger partial charge < -0.3 is 15.2 Å². The molecule has 2 aromatic rings. The van der Waals surface area contributed by atoms with Crippen LogP contribution in [0.25, 0.3) is 0 Å². The molecule has 7 heteroatoms. The molecule has 0 aliphatic heterocycles. The molecule has 2 N–H and O–H groups in total. The number of rotatable bonds is 4. The van der Waals surface area contributed by atoms with E-state index < -0.39 is 18.0 Å². The first-order valence-electron chi connectivity index (χ1n) is 6.25. The van der Waals surface area contributed by atoms with Crippen LogP contribution in [0, 0.1) is 0 Å². The van der Waals surface area contributed by atoms with Crippen molar-refractivity contribution in [1.82, 2.24) is 0 Å². The van der Waals surface area contributed by atoms with Crippen molar-refractivity contribution in [2.45, 2.75) is 12.8 Å². The van der Waals surface area contributed by atoms with Crippen LogP contribution in [0.15, 0.2) is 48.5 Å². The van der Waals surface area contributed by atoms with E-state index in [1.165, 1.54) is 24.3 Å². The number of carbonyl (C=O) groups is 1. The van der Waals surface area contributed by atoms with Crippen LogP contribution in [0.4, 0.5) is 18.9 Å². The molecule has 2 rings (SSSR count). The maximum Gasteiger partial charge on any atom is 0.573 e. The number of ether oxygens (including phenoxy) is 1. The zero-order valence-electron chi connectivity index (χ0n) is 11.2. The summed E-state index contributed by atoms with van der Waals surface area (Å²) in [5.41, 5.74) is 0.864. The van der Waals surface area contributed by atoms with Crippen LogP contribution in [-0.4, -0.2) is 17.4 Å². The fourth-order valence-corrected chi connectivity index (χ4v) is 1.78. The summed E-state index contributed by atoms with van der Waals surface area (Å²) < 4.78 is 40.2. The predicted molar refractivity (Wildman–Crippen MR) is 73.6 cm³/mol. The minimum Gasteiger partial charge on any atom is -0.508 e. The summed E-state index contributed by atoms with van der Waals surface area (Å²) in [6.07, 6.45) is -4.75. The average Bonchev–Trinajstić information content (AvgIpc) is 2.40. The molecule has 0 radical (unpaired) electrons. The SMILES string of the molecule is O=C(Cc1ccc(O)cc1)Nc1cccc(OC(F)(F)F)c1. The number of alkyl halides is 3. The summed E-state index contributed by atoms with van der Waals surface area (Å²) in [4.78, 5) is 11.8. The van der Waals surface area contributed by atoms with Gasteiger partial charge in [-0.3, -0.25) is 4.79 Å². The number of hydrogen-bond acceptors (Lipinski definition) is 3. The van der Waals surface area contributed by atoms with Crippen LogP contribution in [-0.2, 0) is 11.2 Å². The molecule has 1 amide bonds. The molecule has 2 aromatic carbocycles. The first-order chi connectivity index (χ1) is 10.3. The predicted octanol–water partition coefficient (Wildman–Crippen LogP) is 3.47. The Kier molecular flexibility index (Phi) is 4.55. The van der Waals surface area contributed by atoms with Crippen molar-refractivity contribution < 1.29 is 27.8 Å². The van der Waals surface area contributed by atoms with Crippen LogP contribution in [0.1, 0.15) is 5.56 Å². The molecule has 22 heavy (non-hydrogen) atoms. The van der Waals surface area contributed by atoms with Crippen molar-refractivity contribution in [3.63, 3.8) is 0 Å². The van der Waals surface area contributed by atoms with E-state index in [9.17, 15) is 18.0 Å².